The monoisotopic (exact) mass is 354 g/mol. The molecule has 5 unspecified atom stereocenters. The van der Waals surface area contributed by atoms with E-state index in [1.807, 2.05) is 13.8 Å². The van der Waals surface area contributed by atoms with Gasteiger partial charge in [0.05, 0.1) is 37.6 Å². The fourth-order valence-corrected chi connectivity index (χ4v) is 3.75. The van der Waals surface area contributed by atoms with Crippen molar-refractivity contribution in [1.82, 2.24) is 0 Å². The molecule has 8 nitrogen and oxygen atoms in total. The molecule has 23 heavy (non-hydrogen) atoms. The SMILES string of the molecule is COC1CC(C)OC1COP(=O)(O)OC[C@H]1O[C@@H](C)CC1OC. The van der Waals surface area contributed by atoms with Crippen LogP contribution in [0, 0.1) is 0 Å². The number of phosphoric ester groups is 1. The van der Waals surface area contributed by atoms with Crippen molar-refractivity contribution < 1.29 is 37.5 Å². The molecule has 0 bridgehead atoms. The molecule has 9 heteroatoms. The Morgan fingerprint density at radius 1 is 0.957 bits per heavy atom. The Morgan fingerprint density at radius 3 is 1.70 bits per heavy atom. The molecule has 0 spiro atoms. The minimum Gasteiger partial charge on any atom is -0.379 e. The molecule has 1 N–H and O–H groups in total. The lowest BCUT2D eigenvalue weighted by Gasteiger charge is -2.21. The second-order valence-corrected chi connectivity index (χ2v) is 7.50. The first kappa shape index (κ1) is 19.3. The van der Waals surface area contributed by atoms with Crippen LogP contribution in [0.5, 0.6) is 0 Å². The molecule has 2 aliphatic heterocycles. The Morgan fingerprint density at radius 2 is 1.35 bits per heavy atom. The Balaban J connectivity index is 1.77. The van der Waals surface area contributed by atoms with Gasteiger partial charge in [-0.25, -0.2) is 4.57 Å². The summed E-state index contributed by atoms with van der Waals surface area (Å²) in [5, 5.41) is 0. The van der Waals surface area contributed by atoms with E-state index in [2.05, 4.69) is 0 Å². The summed E-state index contributed by atoms with van der Waals surface area (Å²) in [5.74, 6) is 0. The molecule has 0 radical (unpaired) electrons. The molecule has 0 aromatic heterocycles. The van der Waals surface area contributed by atoms with Gasteiger partial charge in [-0.05, 0) is 13.8 Å². The predicted molar refractivity (Wildman–Crippen MR) is 81.2 cm³/mol. The Hall–Kier alpha value is -0.0500. The van der Waals surface area contributed by atoms with Crippen LogP contribution in [0.3, 0.4) is 0 Å². The summed E-state index contributed by atoms with van der Waals surface area (Å²) in [6, 6.07) is 0. The largest absolute Gasteiger partial charge is 0.472 e. The van der Waals surface area contributed by atoms with Crippen LogP contribution >= 0.6 is 7.82 Å². The second-order valence-electron chi connectivity index (χ2n) is 6.05. The van der Waals surface area contributed by atoms with Gasteiger partial charge < -0.3 is 23.8 Å². The van der Waals surface area contributed by atoms with E-state index in [1.165, 1.54) is 0 Å². The maximum atomic E-state index is 12.0. The van der Waals surface area contributed by atoms with Crippen molar-refractivity contribution in [1.29, 1.82) is 0 Å². The summed E-state index contributed by atoms with van der Waals surface area (Å²) in [5.41, 5.74) is 0. The van der Waals surface area contributed by atoms with Gasteiger partial charge in [-0.2, -0.15) is 0 Å². The van der Waals surface area contributed by atoms with Crippen LogP contribution in [0.25, 0.3) is 0 Å². The zero-order chi connectivity index (χ0) is 17.0. The van der Waals surface area contributed by atoms with E-state index in [9.17, 15) is 9.46 Å². The summed E-state index contributed by atoms with van der Waals surface area (Å²) in [7, 11) is -1.02. The fourth-order valence-electron chi connectivity index (χ4n) is 3.00. The first-order valence-corrected chi connectivity index (χ1v) is 9.32. The van der Waals surface area contributed by atoms with E-state index in [0.29, 0.717) is 0 Å². The third-order valence-electron chi connectivity index (χ3n) is 4.18. The van der Waals surface area contributed by atoms with Crippen molar-refractivity contribution in [3.8, 4) is 0 Å². The predicted octanol–water partition coefficient (Wildman–Crippen LogP) is 1.50. The standard InChI is InChI=1S/C14H27O8P/c1-9-5-11(17-3)13(21-9)7-19-23(15,16)20-8-14-12(18-4)6-10(2)22-14/h9-14H,5-8H2,1-4H3,(H,15,16)/t9-,10?,11?,12?,13+,14?/m0/s1. The zero-order valence-corrected chi connectivity index (χ0v) is 14.9. The Labute approximate surface area is 136 Å². The highest BCUT2D eigenvalue weighted by molar-refractivity contribution is 7.47. The minimum atomic E-state index is -4.18. The van der Waals surface area contributed by atoms with Gasteiger partial charge in [0.15, 0.2) is 0 Å². The van der Waals surface area contributed by atoms with Crippen molar-refractivity contribution in [3.05, 3.63) is 0 Å². The van der Waals surface area contributed by atoms with Crippen molar-refractivity contribution >= 4 is 7.82 Å². The molecule has 2 fully saturated rings. The second kappa shape index (κ2) is 8.36. The van der Waals surface area contributed by atoms with Crippen molar-refractivity contribution in [2.24, 2.45) is 0 Å². The number of ether oxygens (including phenoxy) is 4. The van der Waals surface area contributed by atoms with E-state index in [0.717, 1.165) is 12.8 Å². The Kier molecular flexibility index (Phi) is 7.01. The number of hydrogen-bond acceptors (Lipinski definition) is 7. The summed E-state index contributed by atoms with van der Waals surface area (Å²) >= 11 is 0. The lowest BCUT2D eigenvalue weighted by molar-refractivity contribution is -0.0447. The van der Waals surface area contributed by atoms with Crippen LogP contribution in [-0.2, 0) is 32.6 Å². The van der Waals surface area contributed by atoms with Gasteiger partial charge in [-0.1, -0.05) is 0 Å². The average molecular weight is 354 g/mol. The third kappa shape index (κ3) is 5.47. The van der Waals surface area contributed by atoms with Gasteiger partial charge in [0.1, 0.15) is 12.2 Å². The quantitative estimate of drug-likeness (QED) is 0.656. The van der Waals surface area contributed by atoms with Crippen LogP contribution in [-0.4, -0.2) is 69.0 Å². The molecule has 0 amide bonds. The third-order valence-corrected chi connectivity index (χ3v) is 5.13. The summed E-state index contributed by atoms with van der Waals surface area (Å²) in [6.07, 6.45) is 0.451. The van der Waals surface area contributed by atoms with Crippen LogP contribution < -0.4 is 0 Å². The first-order valence-electron chi connectivity index (χ1n) is 7.83. The molecular formula is C14H27O8P. The smallest absolute Gasteiger partial charge is 0.379 e. The molecule has 0 aromatic rings. The number of phosphoric acid groups is 1. The number of rotatable bonds is 8. The molecule has 2 rings (SSSR count). The molecule has 2 saturated heterocycles. The van der Waals surface area contributed by atoms with Gasteiger partial charge >= 0.3 is 7.82 Å². The molecule has 136 valence electrons. The van der Waals surface area contributed by atoms with Crippen LogP contribution in [0.4, 0.5) is 0 Å². The topological polar surface area (TPSA) is 92.7 Å². The van der Waals surface area contributed by atoms with Gasteiger partial charge in [-0.3, -0.25) is 9.05 Å². The molecule has 0 aromatic carbocycles. The molecule has 7 atom stereocenters. The van der Waals surface area contributed by atoms with Gasteiger partial charge in [0.2, 0.25) is 0 Å². The average Bonchev–Trinajstić information content (AvgIpc) is 3.05. The molecule has 0 aliphatic carbocycles. The fraction of sp³-hybridized carbons (Fsp3) is 1.00. The highest BCUT2D eigenvalue weighted by Gasteiger charge is 2.38. The molecule has 2 aliphatic rings. The summed E-state index contributed by atoms with van der Waals surface area (Å²) in [4.78, 5) is 9.80. The minimum absolute atomic E-state index is 0.0309. The number of hydrogen-bond donors (Lipinski definition) is 1. The van der Waals surface area contributed by atoms with Gasteiger partial charge in [-0.15, -0.1) is 0 Å². The van der Waals surface area contributed by atoms with Crippen molar-refractivity contribution in [2.45, 2.75) is 63.3 Å². The summed E-state index contributed by atoms with van der Waals surface area (Å²) in [6.45, 7) is 3.72. The maximum Gasteiger partial charge on any atom is 0.472 e. The van der Waals surface area contributed by atoms with Crippen LogP contribution in [0.15, 0.2) is 0 Å². The zero-order valence-electron chi connectivity index (χ0n) is 14.0. The van der Waals surface area contributed by atoms with Gasteiger partial charge in [0, 0.05) is 27.1 Å². The lowest BCUT2D eigenvalue weighted by Crippen LogP contribution is -2.29. The van der Waals surface area contributed by atoms with E-state index < -0.39 is 7.82 Å². The molecule has 0 saturated carbocycles. The highest BCUT2D eigenvalue weighted by atomic mass is 31.2. The maximum absolute atomic E-state index is 12.0. The number of methoxy groups -OCH3 is 2. The van der Waals surface area contributed by atoms with Crippen LogP contribution in [0.2, 0.25) is 0 Å². The van der Waals surface area contributed by atoms with E-state index >= 15 is 0 Å². The van der Waals surface area contributed by atoms with E-state index in [1.54, 1.807) is 14.2 Å². The van der Waals surface area contributed by atoms with E-state index in [-0.39, 0.29) is 49.8 Å². The Bertz CT molecular complexity index is 386. The van der Waals surface area contributed by atoms with Crippen LogP contribution in [0.1, 0.15) is 26.7 Å². The van der Waals surface area contributed by atoms with Crippen molar-refractivity contribution in [3.63, 3.8) is 0 Å². The highest BCUT2D eigenvalue weighted by Crippen LogP contribution is 2.44. The van der Waals surface area contributed by atoms with Crippen molar-refractivity contribution in [2.75, 3.05) is 27.4 Å². The van der Waals surface area contributed by atoms with E-state index in [4.69, 9.17) is 28.0 Å². The normalized spacial score (nSPS) is 40.4. The van der Waals surface area contributed by atoms with Gasteiger partial charge in [0.25, 0.3) is 0 Å². The lowest BCUT2D eigenvalue weighted by atomic mass is 10.1. The summed E-state index contributed by atoms with van der Waals surface area (Å²) < 4.78 is 43.9. The first-order chi connectivity index (χ1) is 10.8. The molecule has 2 heterocycles. The molecular weight excluding hydrogens is 327 g/mol.